The molecule has 3 rings (SSSR count). The Morgan fingerprint density at radius 2 is 1.23 bits per heavy atom. The second kappa shape index (κ2) is 22.6. The van der Waals surface area contributed by atoms with Crippen LogP contribution in [0.4, 0.5) is 14.4 Å². The number of unbranched alkanes of at least 4 members (excludes halogenated alkanes) is 9. The van der Waals surface area contributed by atoms with E-state index in [2.05, 4.69) is 26.1 Å². The zero-order valence-electron chi connectivity index (χ0n) is 29.3. The van der Waals surface area contributed by atoms with E-state index in [1.54, 1.807) is 29.2 Å². The van der Waals surface area contributed by atoms with E-state index in [9.17, 15) is 14.4 Å². The number of nitrogens with one attached hydrogen (secondary N) is 1. The van der Waals surface area contributed by atoms with Crippen LogP contribution in [0.2, 0.25) is 0 Å². The SMILES string of the molecule is CCCCCCNC(=O)OC1CCCC(OC(=O)N(CCCCCC)CCCCCC)N1C(=O)Oc1ccc(Oc2ccccc2)cc1. The zero-order chi connectivity index (χ0) is 34.4. The normalized spacial score (nSPS) is 15.8. The Balaban J connectivity index is 1.73. The second-order valence-corrected chi connectivity index (χ2v) is 12.4. The number of nitrogens with zero attached hydrogens (tertiary/aromatic N) is 2. The molecule has 0 bridgehead atoms. The molecule has 10 nitrogen and oxygen atoms in total. The molecule has 2 aromatic carbocycles. The molecule has 1 fully saturated rings. The Labute approximate surface area is 287 Å². The quantitative estimate of drug-likeness (QED) is 0.140. The van der Waals surface area contributed by atoms with Crippen LogP contribution in [0.5, 0.6) is 17.2 Å². The average Bonchev–Trinajstić information content (AvgIpc) is 3.09. The standard InChI is InChI=1S/C38H57N3O7/c1-4-7-10-16-28-39-36(42)47-34-22-19-23-35(48-37(43)40(29-17-11-8-5-2)30-18-12-9-6-3)41(34)38(44)46-33-26-24-32(25-27-33)45-31-20-14-13-15-21-31/h13-15,20-21,24-27,34-35H,4-12,16-19,22-23,28-30H2,1-3H3,(H,39,42). The number of ether oxygens (including phenoxy) is 4. The Bertz CT molecular complexity index is 1180. The molecule has 2 unspecified atom stereocenters. The van der Waals surface area contributed by atoms with Crippen LogP contribution < -0.4 is 14.8 Å². The number of carbonyl (C=O) groups is 3. The number of amides is 3. The fourth-order valence-corrected chi connectivity index (χ4v) is 5.60. The summed E-state index contributed by atoms with van der Waals surface area (Å²) in [5, 5.41) is 2.80. The first kappa shape index (κ1) is 38.5. The predicted molar refractivity (Wildman–Crippen MR) is 187 cm³/mol. The molecule has 0 radical (unpaired) electrons. The van der Waals surface area contributed by atoms with Gasteiger partial charge in [0, 0.05) is 32.5 Å². The van der Waals surface area contributed by atoms with Crippen molar-refractivity contribution in [2.45, 2.75) is 130 Å². The number of piperidine rings is 1. The van der Waals surface area contributed by atoms with Gasteiger partial charge in [-0.1, -0.05) is 96.8 Å². The molecule has 2 atom stereocenters. The molecule has 1 saturated heterocycles. The van der Waals surface area contributed by atoms with Crippen molar-refractivity contribution in [1.82, 2.24) is 15.1 Å². The Kier molecular flexibility index (Phi) is 18.1. The van der Waals surface area contributed by atoms with Gasteiger partial charge in [-0.3, -0.25) is 0 Å². The van der Waals surface area contributed by atoms with Gasteiger partial charge < -0.3 is 29.2 Å². The highest BCUT2D eigenvalue weighted by Crippen LogP contribution is 2.29. The van der Waals surface area contributed by atoms with Gasteiger partial charge >= 0.3 is 18.3 Å². The molecule has 266 valence electrons. The molecule has 1 aliphatic rings. The topological polar surface area (TPSA) is 107 Å². The van der Waals surface area contributed by atoms with Crippen LogP contribution in [0.1, 0.15) is 117 Å². The molecule has 0 aromatic heterocycles. The van der Waals surface area contributed by atoms with Gasteiger partial charge in [0.1, 0.15) is 17.2 Å². The van der Waals surface area contributed by atoms with E-state index in [4.69, 9.17) is 18.9 Å². The lowest BCUT2D eigenvalue weighted by molar-refractivity contribution is -0.118. The first-order chi connectivity index (χ1) is 23.4. The van der Waals surface area contributed by atoms with Gasteiger partial charge in [0.25, 0.3) is 0 Å². The number of rotatable bonds is 20. The van der Waals surface area contributed by atoms with Gasteiger partial charge in [0.15, 0.2) is 12.5 Å². The molecule has 1 heterocycles. The summed E-state index contributed by atoms with van der Waals surface area (Å²) in [4.78, 5) is 43.2. The molecule has 1 aliphatic heterocycles. The number of carbonyl (C=O) groups excluding carboxylic acids is 3. The molecular formula is C38H57N3O7. The average molecular weight is 668 g/mol. The van der Waals surface area contributed by atoms with Crippen molar-refractivity contribution in [3.63, 3.8) is 0 Å². The van der Waals surface area contributed by atoms with E-state index in [1.807, 2.05) is 30.3 Å². The Morgan fingerprint density at radius 1 is 0.688 bits per heavy atom. The van der Waals surface area contributed by atoms with Crippen LogP contribution in [0.15, 0.2) is 54.6 Å². The third-order valence-electron chi connectivity index (χ3n) is 8.34. The van der Waals surface area contributed by atoms with Gasteiger partial charge in [-0.15, -0.1) is 0 Å². The number of hydrogen-bond donors (Lipinski definition) is 1. The van der Waals surface area contributed by atoms with E-state index >= 15 is 0 Å². The van der Waals surface area contributed by atoms with Crippen LogP contribution in [-0.4, -0.2) is 60.2 Å². The van der Waals surface area contributed by atoms with Gasteiger partial charge in [-0.05, 0) is 62.1 Å². The first-order valence-electron chi connectivity index (χ1n) is 18.2. The maximum absolute atomic E-state index is 13.8. The highest BCUT2D eigenvalue weighted by Gasteiger charge is 2.41. The van der Waals surface area contributed by atoms with E-state index < -0.39 is 30.7 Å². The first-order valence-corrected chi connectivity index (χ1v) is 18.2. The molecule has 2 aromatic rings. The van der Waals surface area contributed by atoms with Gasteiger partial charge in [-0.25, -0.2) is 19.3 Å². The lowest BCUT2D eigenvalue weighted by Gasteiger charge is -2.40. The zero-order valence-corrected chi connectivity index (χ0v) is 29.3. The highest BCUT2D eigenvalue weighted by atomic mass is 16.6. The summed E-state index contributed by atoms with van der Waals surface area (Å²) in [7, 11) is 0. The summed E-state index contributed by atoms with van der Waals surface area (Å²) < 4.78 is 23.4. The van der Waals surface area contributed by atoms with Crippen molar-refractivity contribution in [3.05, 3.63) is 54.6 Å². The van der Waals surface area contributed by atoms with Gasteiger partial charge in [0.2, 0.25) is 0 Å². The van der Waals surface area contributed by atoms with Crippen LogP contribution in [0, 0.1) is 0 Å². The predicted octanol–water partition coefficient (Wildman–Crippen LogP) is 10.0. The number of likely N-dealkylation sites (tertiary alicyclic amines) is 1. The number of alkyl carbamates (subject to hydrolysis) is 1. The van der Waals surface area contributed by atoms with Crippen molar-refractivity contribution in [3.8, 4) is 17.2 Å². The minimum absolute atomic E-state index is 0.281. The fraction of sp³-hybridized carbons (Fsp3) is 0.605. The van der Waals surface area contributed by atoms with Crippen molar-refractivity contribution >= 4 is 18.3 Å². The minimum Gasteiger partial charge on any atom is -0.457 e. The molecule has 0 aliphatic carbocycles. The highest BCUT2D eigenvalue weighted by molar-refractivity contribution is 5.74. The molecule has 10 heteroatoms. The Hall–Kier alpha value is -3.95. The smallest absolute Gasteiger partial charge is 0.421 e. The summed E-state index contributed by atoms with van der Waals surface area (Å²) >= 11 is 0. The molecule has 1 N–H and O–H groups in total. The monoisotopic (exact) mass is 667 g/mol. The van der Waals surface area contributed by atoms with Crippen LogP contribution >= 0.6 is 0 Å². The third kappa shape index (κ3) is 14.0. The summed E-state index contributed by atoms with van der Waals surface area (Å²) in [5.74, 6) is 1.55. The summed E-state index contributed by atoms with van der Waals surface area (Å²) in [6.45, 7) is 8.13. The Morgan fingerprint density at radius 3 is 1.83 bits per heavy atom. The van der Waals surface area contributed by atoms with Crippen LogP contribution in [-0.2, 0) is 9.47 Å². The number of para-hydroxylation sites is 1. The van der Waals surface area contributed by atoms with E-state index in [-0.39, 0.29) is 5.75 Å². The molecule has 48 heavy (non-hydrogen) atoms. The lowest BCUT2D eigenvalue weighted by atomic mass is 10.1. The molecular weight excluding hydrogens is 610 g/mol. The van der Waals surface area contributed by atoms with Crippen LogP contribution in [0.3, 0.4) is 0 Å². The maximum atomic E-state index is 13.8. The van der Waals surface area contributed by atoms with Gasteiger partial charge in [0.05, 0.1) is 0 Å². The van der Waals surface area contributed by atoms with Crippen LogP contribution in [0.25, 0.3) is 0 Å². The summed E-state index contributed by atoms with van der Waals surface area (Å²) in [6, 6.07) is 16.1. The second-order valence-electron chi connectivity index (χ2n) is 12.4. The maximum Gasteiger partial charge on any atom is 0.421 e. The fourth-order valence-electron chi connectivity index (χ4n) is 5.60. The van der Waals surface area contributed by atoms with Crippen molar-refractivity contribution in [2.75, 3.05) is 19.6 Å². The lowest BCUT2D eigenvalue weighted by Crippen LogP contribution is -2.55. The molecule has 0 saturated carbocycles. The van der Waals surface area contributed by atoms with Crippen molar-refractivity contribution < 1.29 is 33.3 Å². The summed E-state index contributed by atoms with van der Waals surface area (Å²) in [5.41, 5.74) is 0. The molecule has 3 amide bonds. The third-order valence-corrected chi connectivity index (χ3v) is 8.34. The van der Waals surface area contributed by atoms with E-state index in [1.165, 1.54) is 4.90 Å². The van der Waals surface area contributed by atoms with Crippen molar-refractivity contribution in [1.29, 1.82) is 0 Å². The minimum atomic E-state index is -0.956. The summed E-state index contributed by atoms with van der Waals surface area (Å²) in [6.07, 6.45) is 10.0. The van der Waals surface area contributed by atoms with Crippen molar-refractivity contribution in [2.24, 2.45) is 0 Å². The van der Waals surface area contributed by atoms with E-state index in [0.29, 0.717) is 50.4 Å². The van der Waals surface area contributed by atoms with E-state index in [0.717, 1.165) is 77.0 Å². The number of benzene rings is 2. The number of hydrogen-bond acceptors (Lipinski definition) is 7. The molecule has 0 spiro atoms. The van der Waals surface area contributed by atoms with Gasteiger partial charge in [-0.2, -0.15) is 0 Å². The largest absolute Gasteiger partial charge is 0.457 e.